The van der Waals surface area contributed by atoms with E-state index in [1.165, 1.54) is 19.3 Å². The summed E-state index contributed by atoms with van der Waals surface area (Å²) in [5.41, 5.74) is 5.64. The van der Waals surface area contributed by atoms with Crippen LogP contribution in [-0.2, 0) is 9.53 Å². The highest BCUT2D eigenvalue weighted by Gasteiger charge is 2.36. The molecule has 4 nitrogen and oxygen atoms in total. The highest BCUT2D eigenvalue weighted by Crippen LogP contribution is 2.30. The highest BCUT2D eigenvalue weighted by molar-refractivity contribution is 5.77. The number of amides is 1. The zero-order valence-electron chi connectivity index (χ0n) is 10.5. The van der Waals surface area contributed by atoms with Crippen molar-refractivity contribution >= 4 is 5.91 Å². The highest BCUT2D eigenvalue weighted by atomic mass is 16.5. The predicted octanol–water partition coefficient (Wildman–Crippen LogP) is 1.33. The minimum atomic E-state index is -0.0789. The van der Waals surface area contributed by atoms with Crippen LogP contribution in [0.2, 0.25) is 0 Å². The molecule has 0 aromatic carbocycles. The third kappa shape index (κ3) is 3.42. The third-order valence-corrected chi connectivity index (χ3v) is 4.07. The van der Waals surface area contributed by atoms with Crippen molar-refractivity contribution in [2.45, 2.75) is 63.0 Å². The lowest BCUT2D eigenvalue weighted by Gasteiger charge is -2.41. The fourth-order valence-corrected chi connectivity index (χ4v) is 2.67. The van der Waals surface area contributed by atoms with Crippen LogP contribution in [-0.4, -0.2) is 30.7 Å². The van der Waals surface area contributed by atoms with Crippen LogP contribution in [0.15, 0.2) is 0 Å². The quantitative estimate of drug-likeness (QED) is 0.762. The van der Waals surface area contributed by atoms with Crippen molar-refractivity contribution in [2.75, 3.05) is 13.2 Å². The third-order valence-electron chi connectivity index (χ3n) is 4.07. The normalized spacial score (nSPS) is 27.2. The molecule has 1 aliphatic heterocycles. The number of rotatable bonds is 5. The molecule has 1 amide bonds. The number of carbonyl (C=O) groups excluding carboxylic acids is 1. The molecule has 0 aromatic heterocycles. The summed E-state index contributed by atoms with van der Waals surface area (Å²) in [5.74, 6) is 0.143. The number of carbonyl (C=O) groups is 1. The Kier molecular flexibility index (Phi) is 4.40. The van der Waals surface area contributed by atoms with E-state index in [0.29, 0.717) is 19.1 Å². The number of hydrogen-bond acceptors (Lipinski definition) is 3. The van der Waals surface area contributed by atoms with Gasteiger partial charge in [0.2, 0.25) is 5.91 Å². The smallest absolute Gasteiger partial charge is 0.220 e. The summed E-state index contributed by atoms with van der Waals surface area (Å²) in [7, 11) is 0. The van der Waals surface area contributed by atoms with Gasteiger partial charge in [-0.05, 0) is 44.9 Å². The van der Waals surface area contributed by atoms with Gasteiger partial charge < -0.3 is 15.8 Å². The topological polar surface area (TPSA) is 64.3 Å². The summed E-state index contributed by atoms with van der Waals surface area (Å²) in [6, 6.07) is 0. The molecule has 1 atom stereocenters. The van der Waals surface area contributed by atoms with Gasteiger partial charge in [0.1, 0.15) is 0 Å². The second-order valence-corrected chi connectivity index (χ2v) is 5.41. The Hall–Kier alpha value is -0.610. The van der Waals surface area contributed by atoms with E-state index in [4.69, 9.17) is 10.5 Å². The molecule has 2 rings (SSSR count). The van der Waals surface area contributed by atoms with E-state index in [9.17, 15) is 4.79 Å². The number of ether oxygens (including phenoxy) is 1. The Bertz CT molecular complexity index is 253. The van der Waals surface area contributed by atoms with Crippen molar-refractivity contribution in [3.05, 3.63) is 0 Å². The van der Waals surface area contributed by atoms with Gasteiger partial charge >= 0.3 is 0 Å². The van der Waals surface area contributed by atoms with Gasteiger partial charge in [-0.1, -0.05) is 0 Å². The van der Waals surface area contributed by atoms with Crippen molar-refractivity contribution in [2.24, 2.45) is 5.73 Å². The van der Waals surface area contributed by atoms with Crippen LogP contribution < -0.4 is 11.1 Å². The molecule has 1 saturated heterocycles. The molecule has 0 bridgehead atoms. The predicted molar refractivity (Wildman–Crippen MR) is 66.6 cm³/mol. The molecule has 17 heavy (non-hydrogen) atoms. The zero-order chi connectivity index (χ0) is 12.1. The Labute approximate surface area is 103 Å². The van der Waals surface area contributed by atoms with Crippen molar-refractivity contribution in [3.8, 4) is 0 Å². The molecule has 4 heteroatoms. The van der Waals surface area contributed by atoms with Gasteiger partial charge in [0, 0.05) is 19.6 Å². The molecule has 0 spiro atoms. The molecule has 1 saturated carbocycles. The second kappa shape index (κ2) is 5.83. The Balaban J connectivity index is 1.66. The van der Waals surface area contributed by atoms with E-state index < -0.39 is 0 Å². The van der Waals surface area contributed by atoms with Gasteiger partial charge in [-0.3, -0.25) is 4.79 Å². The van der Waals surface area contributed by atoms with Crippen LogP contribution in [0.25, 0.3) is 0 Å². The lowest BCUT2D eigenvalue weighted by atomic mass is 9.76. The molecular weight excluding hydrogens is 216 g/mol. The first-order valence-electron chi connectivity index (χ1n) is 6.87. The minimum Gasteiger partial charge on any atom is -0.378 e. The van der Waals surface area contributed by atoms with Gasteiger partial charge in [-0.2, -0.15) is 0 Å². The average molecular weight is 240 g/mol. The largest absolute Gasteiger partial charge is 0.378 e. The summed E-state index contributed by atoms with van der Waals surface area (Å²) in [6.45, 7) is 1.43. The van der Waals surface area contributed by atoms with Crippen LogP contribution >= 0.6 is 0 Å². The lowest BCUT2D eigenvalue weighted by Crippen LogP contribution is -2.58. The summed E-state index contributed by atoms with van der Waals surface area (Å²) < 4.78 is 5.62. The Morgan fingerprint density at radius 1 is 1.35 bits per heavy atom. The SMILES string of the molecule is NCC1(NC(=O)CCC2CCCCO2)CCC1. The van der Waals surface area contributed by atoms with Crippen molar-refractivity contribution in [1.29, 1.82) is 0 Å². The monoisotopic (exact) mass is 240 g/mol. The first-order chi connectivity index (χ1) is 8.24. The van der Waals surface area contributed by atoms with Crippen LogP contribution in [0.4, 0.5) is 0 Å². The summed E-state index contributed by atoms with van der Waals surface area (Å²) in [4.78, 5) is 11.8. The maximum absolute atomic E-state index is 11.8. The Morgan fingerprint density at radius 3 is 2.71 bits per heavy atom. The van der Waals surface area contributed by atoms with Crippen molar-refractivity contribution < 1.29 is 9.53 Å². The number of hydrogen-bond donors (Lipinski definition) is 2. The maximum Gasteiger partial charge on any atom is 0.220 e. The summed E-state index contributed by atoms with van der Waals surface area (Å²) >= 11 is 0. The second-order valence-electron chi connectivity index (χ2n) is 5.41. The van der Waals surface area contributed by atoms with E-state index in [1.54, 1.807) is 0 Å². The van der Waals surface area contributed by atoms with Gasteiger partial charge in [0.15, 0.2) is 0 Å². The van der Waals surface area contributed by atoms with Crippen LogP contribution in [0.1, 0.15) is 51.4 Å². The van der Waals surface area contributed by atoms with E-state index in [1.807, 2.05) is 0 Å². The molecule has 3 N–H and O–H groups in total. The number of nitrogens with one attached hydrogen (secondary N) is 1. The Morgan fingerprint density at radius 2 is 2.18 bits per heavy atom. The number of nitrogens with two attached hydrogens (primary N) is 1. The average Bonchev–Trinajstić information content (AvgIpc) is 2.33. The van der Waals surface area contributed by atoms with E-state index in [0.717, 1.165) is 32.3 Å². The van der Waals surface area contributed by atoms with Crippen molar-refractivity contribution in [1.82, 2.24) is 5.32 Å². The zero-order valence-corrected chi connectivity index (χ0v) is 10.5. The van der Waals surface area contributed by atoms with Crippen LogP contribution in [0, 0.1) is 0 Å². The molecular formula is C13H24N2O2. The summed E-state index contributed by atoms with van der Waals surface area (Å²) in [6.07, 6.45) is 8.49. The maximum atomic E-state index is 11.8. The van der Waals surface area contributed by atoms with Gasteiger partial charge in [-0.15, -0.1) is 0 Å². The molecule has 1 unspecified atom stereocenters. The fraction of sp³-hybridized carbons (Fsp3) is 0.923. The molecule has 1 aliphatic carbocycles. The van der Waals surface area contributed by atoms with Crippen molar-refractivity contribution in [3.63, 3.8) is 0 Å². The van der Waals surface area contributed by atoms with E-state index in [-0.39, 0.29) is 11.4 Å². The van der Waals surface area contributed by atoms with E-state index in [2.05, 4.69) is 5.32 Å². The summed E-state index contributed by atoms with van der Waals surface area (Å²) in [5, 5.41) is 3.10. The fourth-order valence-electron chi connectivity index (χ4n) is 2.67. The van der Waals surface area contributed by atoms with E-state index >= 15 is 0 Å². The molecule has 0 aromatic rings. The van der Waals surface area contributed by atoms with Crippen LogP contribution in [0.5, 0.6) is 0 Å². The lowest BCUT2D eigenvalue weighted by molar-refractivity contribution is -0.125. The van der Waals surface area contributed by atoms with Gasteiger partial charge in [-0.25, -0.2) is 0 Å². The van der Waals surface area contributed by atoms with Crippen LogP contribution in [0.3, 0.4) is 0 Å². The standard InChI is InChI=1S/C13H24N2O2/c14-10-13(7-3-8-13)15-12(16)6-5-11-4-1-2-9-17-11/h11H,1-10,14H2,(H,15,16). The first-order valence-corrected chi connectivity index (χ1v) is 6.87. The molecule has 1 heterocycles. The molecule has 0 radical (unpaired) electrons. The molecule has 2 aliphatic rings. The molecule has 98 valence electrons. The molecule has 2 fully saturated rings. The van der Waals surface area contributed by atoms with Gasteiger partial charge in [0.05, 0.1) is 11.6 Å². The van der Waals surface area contributed by atoms with Gasteiger partial charge in [0.25, 0.3) is 0 Å². The minimum absolute atomic E-state index is 0.0789. The first kappa shape index (κ1) is 12.8.